The standard InChI is InChI=1S/C13H21N3O3/c1-2-4-11-14-12(19-15-11)9-16-6-3-5-13(10-16)17-7-8-18-13/h2-10H2,1H3. The Balaban J connectivity index is 1.59. The van der Waals surface area contributed by atoms with E-state index in [-0.39, 0.29) is 5.79 Å². The lowest BCUT2D eigenvalue weighted by molar-refractivity contribution is -0.190. The van der Waals surface area contributed by atoms with Crippen LogP contribution in [0.3, 0.4) is 0 Å². The quantitative estimate of drug-likeness (QED) is 0.821. The van der Waals surface area contributed by atoms with Crippen LogP contribution in [0.25, 0.3) is 0 Å². The number of likely N-dealkylation sites (tertiary alicyclic amines) is 1. The minimum atomic E-state index is -0.384. The summed E-state index contributed by atoms with van der Waals surface area (Å²) in [5.74, 6) is 1.11. The van der Waals surface area contributed by atoms with Crippen LogP contribution < -0.4 is 0 Å². The summed E-state index contributed by atoms with van der Waals surface area (Å²) in [6.07, 6.45) is 3.97. The van der Waals surface area contributed by atoms with Crippen LogP contribution in [0.2, 0.25) is 0 Å². The smallest absolute Gasteiger partial charge is 0.240 e. The van der Waals surface area contributed by atoms with Gasteiger partial charge in [-0.15, -0.1) is 0 Å². The topological polar surface area (TPSA) is 60.6 Å². The van der Waals surface area contributed by atoms with Gasteiger partial charge in [0.2, 0.25) is 5.89 Å². The summed E-state index contributed by atoms with van der Waals surface area (Å²) in [5.41, 5.74) is 0. The third kappa shape index (κ3) is 2.96. The highest BCUT2D eigenvalue weighted by atomic mass is 16.7. The Morgan fingerprint density at radius 2 is 2.16 bits per heavy atom. The highest BCUT2D eigenvalue weighted by molar-refractivity contribution is 4.89. The first-order valence-corrected chi connectivity index (χ1v) is 7.11. The van der Waals surface area contributed by atoms with Crippen molar-refractivity contribution < 1.29 is 14.0 Å². The molecule has 2 fully saturated rings. The number of piperidine rings is 1. The molecule has 0 radical (unpaired) electrons. The van der Waals surface area contributed by atoms with Gasteiger partial charge in [-0.25, -0.2) is 0 Å². The average Bonchev–Trinajstić information content (AvgIpc) is 3.01. The Morgan fingerprint density at radius 3 is 2.95 bits per heavy atom. The number of nitrogens with zero attached hydrogens (tertiary/aromatic N) is 3. The largest absolute Gasteiger partial charge is 0.346 e. The van der Waals surface area contributed by atoms with Gasteiger partial charge in [0.05, 0.1) is 26.3 Å². The first-order valence-electron chi connectivity index (χ1n) is 7.11. The van der Waals surface area contributed by atoms with Gasteiger partial charge >= 0.3 is 0 Å². The third-order valence-corrected chi connectivity index (χ3v) is 3.65. The Kier molecular flexibility index (Phi) is 3.81. The summed E-state index contributed by atoms with van der Waals surface area (Å²) in [7, 11) is 0. The van der Waals surface area contributed by atoms with Gasteiger partial charge in [-0.2, -0.15) is 4.98 Å². The van der Waals surface area contributed by atoms with Crippen molar-refractivity contribution in [3.63, 3.8) is 0 Å². The van der Waals surface area contributed by atoms with Crippen molar-refractivity contribution in [1.29, 1.82) is 0 Å². The summed E-state index contributed by atoms with van der Waals surface area (Å²) in [6, 6.07) is 0. The van der Waals surface area contributed by atoms with Crippen molar-refractivity contribution in [3.05, 3.63) is 11.7 Å². The van der Waals surface area contributed by atoms with E-state index >= 15 is 0 Å². The number of hydrogen-bond acceptors (Lipinski definition) is 6. The van der Waals surface area contributed by atoms with Crippen LogP contribution in [0.1, 0.15) is 37.9 Å². The maximum atomic E-state index is 5.76. The molecule has 0 amide bonds. The van der Waals surface area contributed by atoms with Gasteiger partial charge in [0, 0.05) is 12.8 Å². The molecule has 0 bridgehead atoms. The number of hydrogen-bond donors (Lipinski definition) is 0. The Hall–Kier alpha value is -0.980. The summed E-state index contributed by atoms with van der Waals surface area (Å²) in [4.78, 5) is 6.68. The van der Waals surface area contributed by atoms with Gasteiger partial charge < -0.3 is 14.0 Å². The van der Waals surface area contributed by atoms with E-state index in [1.807, 2.05) is 0 Å². The molecule has 1 aromatic heterocycles. The lowest BCUT2D eigenvalue weighted by Gasteiger charge is -2.37. The minimum Gasteiger partial charge on any atom is -0.346 e. The SMILES string of the molecule is CCCc1noc(CN2CCCC3(C2)OCCO3)n1. The lowest BCUT2D eigenvalue weighted by atomic mass is 10.0. The summed E-state index contributed by atoms with van der Waals surface area (Å²) < 4.78 is 16.8. The van der Waals surface area contributed by atoms with Crippen LogP contribution in [0.15, 0.2) is 4.52 Å². The van der Waals surface area contributed by atoms with Gasteiger partial charge in [0.1, 0.15) is 0 Å². The Morgan fingerprint density at radius 1 is 1.32 bits per heavy atom. The van der Waals surface area contributed by atoms with Crippen molar-refractivity contribution >= 4 is 0 Å². The molecule has 1 aromatic rings. The number of ether oxygens (including phenoxy) is 2. The summed E-state index contributed by atoms with van der Waals surface area (Å²) >= 11 is 0. The molecule has 2 saturated heterocycles. The molecule has 3 rings (SSSR count). The third-order valence-electron chi connectivity index (χ3n) is 3.65. The van der Waals surface area contributed by atoms with E-state index in [2.05, 4.69) is 22.0 Å². The van der Waals surface area contributed by atoms with Crippen LogP contribution in [-0.2, 0) is 22.4 Å². The molecule has 0 aromatic carbocycles. The fraction of sp³-hybridized carbons (Fsp3) is 0.846. The van der Waals surface area contributed by atoms with Crippen LogP contribution in [0, 0.1) is 0 Å². The van der Waals surface area contributed by atoms with Crippen LogP contribution in [0.4, 0.5) is 0 Å². The van der Waals surface area contributed by atoms with Crippen LogP contribution in [0.5, 0.6) is 0 Å². The molecule has 19 heavy (non-hydrogen) atoms. The van der Waals surface area contributed by atoms with Crippen molar-refractivity contribution in [1.82, 2.24) is 15.0 Å². The van der Waals surface area contributed by atoms with Crippen molar-refractivity contribution in [2.75, 3.05) is 26.3 Å². The molecule has 2 aliphatic heterocycles. The zero-order valence-corrected chi connectivity index (χ0v) is 11.4. The average molecular weight is 267 g/mol. The molecule has 2 aliphatic rings. The number of aromatic nitrogens is 2. The second-order valence-corrected chi connectivity index (χ2v) is 5.28. The maximum Gasteiger partial charge on any atom is 0.240 e. The van der Waals surface area contributed by atoms with E-state index in [0.717, 1.165) is 44.6 Å². The monoisotopic (exact) mass is 267 g/mol. The molecule has 6 heteroatoms. The summed E-state index contributed by atoms with van der Waals surface area (Å²) in [6.45, 7) is 6.02. The second-order valence-electron chi connectivity index (χ2n) is 5.28. The molecular weight excluding hydrogens is 246 g/mol. The van der Waals surface area contributed by atoms with Crippen LogP contribution >= 0.6 is 0 Å². The van der Waals surface area contributed by atoms with E-state index in [1.165, 1.54) is 0 Å². The molecule has 1 spiro atoms. The molecule has 0 N–H and O–H groups in total. The highest BCUT2D eigenvalue weighted by Crippen LogP contribution is 2.30. The maximum absolute atomic E-state index is 5.76. The van der Waals surface area contributed by atoms with Crippen LogP contribution in [-0.4, -0.2) is 47.1 Å². The number of aryl methyl sites for hydroxylation is 1. The fourth-order valence-corrected chi connectivity index (χ4v) is 2.81. The molecule has 0 saturated carbocycles. The second kappa shape index (κ2) is 5.56. The first kappa shape index (κ1) is 13.0. The fourth-order valence-electron chi connectivity index (χ4n) is 2.81. The highest BCUT2D eigenvalue weighted by Gasteiger charge is 2.40. The molecule has 3 heterocycles. The first-order chi connectivity index (χ1) is 9.30. The molecule has 0 atom stereocenters. The summed E-state index contributed by atoms with van der Waals surface area (Å²) in [5, 5.41) is 3.99. The van der Waals surface area contributed by atoms with E-state index in [9.17, 15) is 0 Å². The van der Waals surface area contributed by atoms with Gasteiger partial charge in [-0.1, -0.05) is 12.1 Å². The predicted molar refractivity (Wildman–Crippen MR) is 67.4 cm³/mol. The number of rotatable bonds is 4. The Bertz CT molecular complexity index is 415. The van der Waals surface area contributed by atoms with Gasteiger partial charge in [0.25, 0.3) is 0 Å². The Labute approximate surface area is 113 Å². The van der Waals surface area contributed by atoms with Crippen molar-refractivity contribution in [3.8, 4) is 0 Å². The minimum absolute atomic E-state index is 0.384. The normalized spacial score (nSPS) is 23.2. The molecular formula is C13H21N3O3. The van der Waals surface area contributed by atoms with Gasteiger partial charge in [0.15, 0.2) is 11.6 Å². The van der Waals surface area contributed by atoms with E-state index in [1.54, 1.807) is 0 Å². The lowest BCUT2D eigenvalue weighted by Crippen LogP contribution is -2.48. The van der Waals surface area contributed by atoms with E-state index in [4.69, 9.17) is 14.0 Å². The van der Waals surface area contributed by atoms with Gasteiger partial charge in [-0.3, -0.25) is 4.90 Å². The van der Waals surface area contributed by atoms with Crippen molar-refractivity contribution in [2.45, 2.75) is 44.9 Å². The predicted octanol–water partition coefficient (Wildman–Crippen LogP) is 1.36. The van der Waals surface area contributed by atoms with E-state index < -0.39 is 0 Å². The molecule has 6 nitrogen and oxygen atoms in total. The van der Waals surface area contributed by atoms with Gasteiger partial charge in [-0.05, 0) is 19.4 Å². The molecule has 106 valence electrons. The zero-order valence-electron chi connectivity index (χ0n) is 11.4. The zero-order chi connectivity index (χ0) is 13.1. The van der Waals surface area contributed by atoms with Crippen molar-refractivity contribution in [2.24, 2.45) is 0 Å². The van der Waals surface area contributed by atoms with E-state index in [0.29, 0.717) is 25.6 Å². The molecule has 0 aliphatic carbocycles. The molecule has 0 unspecified atom stereocenters.